The molecule has 0 saturated heterocycles. The van der Waals surface area contributed by atoms with E-state index in [1.54, 1.807) is 0 Å². The van der Waals surface area contributed by atoms with Gasteiger partial charge in [0.15, 0.2) is 31.0 Å². The van der Waals surface area contributed by atoms with Gasteiger partial charge in [0.25, 0.3) is 0 Å². The van der Waals surface area contributed by atoms with Crippen LogP contribution in [-0.4, -0.2) is 0 Å². The third-order valence-electron chi connectivity index (χ3n) is 3.72. The summed E-state index contributed by atoms with van der Waals surface area (Å²) in [5, 5.41) is 0. The number of aryl methyl sites for hydroxylation is 3. The molecule has 0 N–H and O–H groups in total. The Hall–Kier alpha value is -2.55. The topological polar surface area (TPSA) is 11.6 Å². The van der Waals surface area contributed by atoms with E-state index in [1.807, 2.05) is 14.1 Å². The Morgan fingerprint density at radius 1 is 0.619 bits per heavy atom. The minimum atomic E-state index is 1.22. The third-order valence-corrected chi connectivity index (χ3v) is 3.72. The lowest BCUT2D eigenvalue weighted by atomic mass is 10.0. The van der Waals surface area contributed by atoms with Crippen molar-refractivity contribution in [3.05, 3.63) is 67.4 Å². The van der Waals surface area contributed by atoms with E-state index in [9.17, 15) is 0 Å². The zero-order valence-electron chi connectivity index (χ0n) is 12.7. The van der Waals surface area contributed by atoms with Crippen molar-refractivity contribution in [2.45, 2.75) is 0 Å². The molecule has 3 heteroatoms. The lowest BCUT2D eigenvalue weighted by Gasteiger charge is -2.06. The minimum Gasteiger partial charge on any atom is -0.208 e. The van der Waals surface area contributed by atoms with Gasteiger partial charge in [-0.3, -0.25) is 0 Å². The smallest absolute Gasteiger partial charge is 0.208 e. The van der Waals surface area contributed by atoms with Crippen LogP contribution in [0, 0.1) is 0 Å². The highest BCUT2D eigenvalue weighted by Crippen LogP contribution is 2.27. The maximum atomic E-state index is 2.18. The van der Waals surface area contributed by atoms with Crippen LogP contribution >= 0.6 is 0 Å². The number of pyridine rings is 3. The van der Waals surface area contributed by atoms with Crippen LogP contribution in [0.25, 0.3) is 22.4 Å². The molecule has 0 atom stereocenters. The summed E-state index contributed by atoms with van der Waals surface area (Å²) in [6, 6.07) is 12.9. The van der Waals surface area contributed by atoms with Crippen LogP contribution in [0.2, 0.25) is 0 Å². The largest absolute Gasteiger partial charge is 0.220 e. The molecule has 0 aliphatic carbocycles. The molecule has 3 heterocycles. The summed E-state index contributed by atoms with van der Waals surface area (Å²) < 4.78 is 6.28. The molecule has 0 aliphatic rings. The van der Waals surface area contributed by atoms with Gasteiger partial charge in [-0.25, -0.2) is 13.7 Å². The summed E-state index contributed by atoms with van der Waals surface area (Å²) in [4.78, 5) is 0. The molecule has 0 aromatic carbocycles. The highest BCUT2D eigenvalue weighted by Gasteiger charge is 2.18. The van der Waals surface area contributed by atoms with Crippen molar-refractivity contribution in [3.8, 4) is 22.4 Å². The maximum absolute atomic E-state index is 2.18. The average molecular weight is 278 g/mol. The number of nitrogens with zero attached hydrogens (tertiary/aromatic N) is 3. The van der Waals surface area contributed by atoms with Crippen molar-refractivity contribution in [2.75, 3.05) is 0 Å². The lowest BCUT2D eigenvalue weighted by Crippen LogP contribution is -2.32. The second-order valence-electron chi connectivity index (χ2n) is 5.39. The summed E-state index contributed by atoms with van der Waals surface area (Å²) in [5.74, 6) is 0. The predicted molar refractivity (Wildman–Crippen MR) is 80.8 cm³/mol. The highest BCUT2D eigenvalue weighted by atomic mass is 14.9. The number of hydrogen-bond acceptors (Lipinski definition) is 0. The second-order valence-corrected chi connectivity index (χ2v) is 5.39. The van der Waals surface area contributed by atoms with Crippen LogP contribution < -0.4 is 13.7 Å². The summed E-state index contributed by atoms with van der Waals surface area (Å²) in [6.45, 7) is 0. The Kier molecular flexibility index (Phi) is 3.48. The molecule has 0 bridgehead atoms. The first kappa shape index (κ1) is 13.4. The number of aromatic nitrogens is 3. The molecule has 3 nitrogen and oxygen atoms in total. The van der Waals surface area contributed by atoms with Crippen LogP contribution in [0.5, 0.6) is 0 Å². The first-order valence-electron chi connectivity index (χ1n) is 7.05. The maximum Gasteiger partial charge on any atom is 0.220 e. The molecular formula is C18H20N3+3. The minimum absolute atomic E-state index is 1.22. The number of hydrogen-bond donors (Lipinski definition) is 0. The van der Waals surface area contributed by atoms with Crippen LogP contribution in [-0.2, 0) is 21.1 Å². The summed E-state index contributed by atoms with van der Waals surface area (Å²) in [6.07, 6.45) is 10.4. The fourth-order valence-corrected chi connectivity index (χ4v) is 2.54. The first-order chi connectivity index (χ1) is 10.1. The van der Waals surface area contributed by atoms with E-state index < -0.39 is 0 Å². The van der Waals surface area contributed by atoms with Crippen LogP contribution in [0.15, 0.2) is 67.4 Å². The average Bonchev–Trinajstić information content (AvgIpc) is 2.49. The quantitative estimate of drug-likeness (QED) is 0.630. The van der Waals surface area contributed by atoms with Gasteiger partial charge in [0.05, 0.1) is 11.1 Å². The molecule has 3 rings (SSSR count). The molecule has 0 radical (unpaired) electrons. The molecule has 3 aromatic heterocycles. The van der Waals surface area contributed by atoms with Crippen molar-refractivity contribution < 1.29 is 13.7 Å². The van der Waals surface area contributed by atoms with Crippen LogP contribution in [0.4, 0.5) is 0 Å². The summed E-state index contributed by atoms with van der Waals surface area (Å²) >= 11 is 0. The molecule has 0 unspecified atom stereocenters. The van der Waals surface area contributed by atoms with Gasteiger partial charge in [-0.1, -0.05) is 0 Å². The van der Waals surface area contributed by atoms with E-state index in [0.717, 1.165) is 0 Å². The predicted octanol–water partition coefficient (Wildman–Crippen LogP) is 1.49. The van der Waals surface area contributed by atoms with Gasteiger partial charge in [0, 0.05) is 35.9 Å². The third kappa shape index (κ3) is 2.68. The van der Waals surface area contributed by atoms with Gasteiger partial charge in [-0.2, -0.15) is 0 Å². The lowest BCUT2D eigenvalue weighted by molar-refractivity contribution is -0.672. The van der Waals surface area contributed by atoms with Crippen LogP contribution in [0.1, 0.15) is 0 Å². The highest BCUT2D eigenvalue weighted by molar-refractivity contribution is 5.77. The van der Waals surface area contributed by atoms with Crippen LogP contribution in [0.3, 0.4) is 0 Å². The fourth-order valence-electron chi connectivity index (χ4n) is 2.54. The Bertz CT molecular complexity index is 759. The number of rotatable bonds is 2. The molecule has 0 spiro atoms. The van der Waals surface area contributed by atoms with Crippen molar-refractivity contribution in [1.82, 2.24) is 0 Å². The van der Waals surface area contributed by atoms with E-state index in [2.05, 4.69) is 88.1 Å². The molecule has 0 aliphatic heterocycles. The van der Waals surface area contributed by atoms with Gasteiger partial charge < -0.3 is 0 Å². The van der Waals surface area contributed by atoms with Gasteiger partial charge in [0.2, 0.25) is 5.69 Å². The molecule has 0 fully saturated rings. The second kappa shape index (κ2) is 5.44. The van der Waals surface area contributed by atoms with Crippen molar-refractivity contribution >= 4 is 0 Å². The van der Waals surface area contributed by atoms with E-state index in [4.69, 9.17) is 0 Å². The Labute approximate surface area is 125 Å². The van der Waals surface area contributed by atoms with E-state index >= 15 is 0 Å². The Morgan fingerprint density at radius 3 is 1.71 bits per heavy atom. The SMILES string of the molecule is C[n+]1ccc(-c2ccc[n+](C)c2-c2cc[n+](C)cc2)cc1. The van der Waals surface area contributed by atoms with Gasteiger partial charge in [0.1, 0.15) is 21.1 Å². The zero-order chi connectivity index (χ0) is 14.8. The van der Waals surface area contributed by atoms with E-state index in [-0.39, 0.29) is 0 Å². The molecule has 21 heavy (non-hydrogen) atoms. The van der Waals surface area contributed by atoms with Gasteiger partial charge >= 0.3 is 0 Å². The monoisotopic (exact) mass is 278 g/mol. The zero-order valence-corrected chi connectivity index (χ0v) is 12.7. The first-order valence-corrected chi connectivity index (χ1v) is 7.05. The molecular weight excluding hydrogens is 258 g/mol. The van der Waals surface area contributed by atoms with E-state index in [1.165, 1.54) is 22.4 Å². The fraction of sp³-hybridized carbons (Fsp3) is 0.167. The molecule has 3 aromatic rings. The van der Waals surface area contributed by atoms with Crippen molar-refractivity contribution in [2.24, 2.45) is 21.1 Å². The summed E-state index contributed by atoms with van der Waals surface area (Å²) in [5.41, 5.74) is 4.92. The molecule has 104 valence electrons. The normalized spacial score (nSPS) is 10.6. The molecule has 0 amide bonds. The van der Waals surface area contributed by atoms with Gasteiger partial charge in [-0.05, 0) is 6.07 Å². The van der Waals surface area contributed by atoms with Gasteiger partial charge in [-0.15, -0.1) is 0 Å². The Morgan fingerprint density at radius 2 is 1.14 bits per heavy atom. The molecule has 0 saturated carbocycles. The summed E-state index contributed by atoms with van der Waals surface area (Å²) in [7, 11) is 6.16. The Balaban J connectivity index is 2.20. The van der Waals surface area contributed by atoms with Crippen molar-refractivity contribution in [1.29, 1.82) is 0 Å². The van der Waals surface area contributed by atoms with Crippen molar-refractivity contribution in [3.63, 3.8) is 0 Å². The van der Waals surface area contributed by atoms with E-state index in [0.29, 0.717) is 0 Å². The standard InChI is InChI=1S/C18H20N3/c1-19-11-6-15(7-12-19)17-5-4-10-21(3)18(17)16-8-13-20(2)14-9-16/h4-14H,1-3H3/q+3.